The molecule has 1 aromatic carbocycles. The van der Waals surface area contributed by atoms with Crippen LogP contribution in [-0.2, 0) is 10.0 Å². The van der Waals surface area contributed by atoms with Crippen molar-refractivity contribution in [3.63, 3.8) is 0 Å². The van der Waals surface area contributed by atoms with Crippen molar-refractivity contribution in [3.05, 3.63) is 23.2 Å². The van der Waals surface area contributed by atoms with Crippen molar-refractivity contribution in [3.8, 4) is 0 Å². The summed E-state index contributed by atoms with van der Waals surface area (Å²) in [5.41, 5.74) is 0.497. The summed E-state index contributed by atoms with van der Waals surface area (Å²) in [7, 11) is -2.12. The molecule has 0 spiro atoms. The number of aliphatic imine (C=N–C) groups is 1. The summed E-state index contributed by atoms with van der Waals surface area (Å²) < 4.78 is 25.7. The van der Waals surface area contributed by atoms with Gasteiger partial charge < -0.3 is 5.32 Å². The highest BCUT2D eigenvalue weighted by Gasteiger charge is 2.32. The van der Waals surface area contributed by atoms with Gasteiger partial charge in [-0.15, -0.1) is 0 Å². The number of hydrogen-bond donors (Lipinski definition) is 1. The van der Waals surface area contributed by atoms with Gasteiger partial charge in [0.05, 0.1) is 5.69 Å². The van der Waals surface area contributed by atoms with Crippen molar-refractivity contribution >= 4 is 33.3 Å². The molecule has 0 atom stereocenters. The lowest BCUT2D eigenvalue weighted by Crippen LogP contribution is -2.42. The second kappa shape index (κ2) is 4.44. The molecule has 0 amide bonds. The van der Waals surface area contributed by atoms with E-state index >= 15 is 0 Å². The Bertz CT molecular complexity index is 611. The molecule has 1 aliphatic heterocycles. The van der Waals surface area contributed by atoms with Crippen LogP contribution in [0.3, 0.4) is 0 Å². The Morgan fingerprint density at radius 3 is 2.67 bits per heavy atom. The predicted molar refractivity (Wildman–Crippen MR) is 72.6 cm³/mol. The quantitative estimate of drug-likeness (QED) is 0.861. The fourth-order valence-corrected chi connectivity index (χ4v) is 3.16. The zero-order valence-corrected chi connectivity index (χ0v) is 11.9. The highest BCUT2D eigenvalue weighted by atomic mass is 35.5. The zero-order chi connectivity index (χ0) is 13.5. The molecule has 5 nitrogen and oxygen atoms in total. The van der Waals surface area contributed by atoms with E-state index in [-0.39, 0.29) is 10.9 Å². The Balaban J connectivity index is 2.61. The van der Waals surface area contributed by atoms with Crippen molar-refractivity contribution in [2.75, 3.05) is 12.4 Å². The third-order valence-electron chi connectivity index (χ3n) is 2.51. The molecule has 0 bridgehead atoms. The van der Waals surface area contributed by atoms with Crippen LogP contribution in [-0.4, -0.2) is 31.8 Å². The molecule has 0 aliphatic carbocycles. The summed E-state index contributed by atoms with van der Waals surface area (Å²) in [6.45, 7) is 3.76. The van der Waals surface area contributed by atoms with Gasteiger partial charge in [0.1, 0.15) is 4.90 Å². The van der Waals surface area contributed by atoms with Gasteiger partial charge in [0.15, 0.2) is 0 Å². The van der Waals surface area contributed by atoms with Gasteiger partial charge in [-0.3, -0.25) is 0 Å². The number of guanidine groups is 1. The maximum absolute atomic E-state index is 12.3. The van der Waals surface area contributed by atoms with E-state index in [9.17, 15) is 8.42 Å². The number of benzene rings is 1. The van der Waals surface area contributed by atoms with Crippen LogP contribution in [0.4, 0.5) is 5.69 Å². The molecule has 18 heavy (non-hydrogen) atoms. The number of nitrogens with zero attached hydrogens (tertiary/aromatic N) is 2. The Morgan fingerprint density at radius 1 is 1.39 bits per heavy atom. The fraction of sp³-hybridized carbons (Fsp3) is 0.364. The first-order chi connectivity index (χ1) is 8.32. The first-order valence-electron chi connectivity index (χ1n) is 5.45. The van der Waals surface area contributed by atoms with E-state index < -0.39 is 10.0 Å². The molecule has 0 saturated carbocycles. The smallest absolute Gasteiger partial charge is 0.268 e. The van der Waals surface area contributed by atoms with Gasteiger partial charge in [0, 0.05) is 18.1 Å². The monoisotopic (exact) mass is 287 g/mol. The van der Waals surface area contributed by atoms with Crippen molar-refractivity contribution in [2.24, 2.45) is 4.99 Å². The normalized spacial score (nSPS) is 19.8. The molecular weight excluding hydrogens is 274 g/mol. The molecule has 1 aliphatic rings. The van der Waals surface area contributed by atoms with Gasteiger partial charge in [-0.25, -0.2) is 17.7 Å². The van der Waals surface area contributed by atoms with E-state index in [1.54, 1.807) is 12.1 Å². The third kappa shape index (κ3) is 2.18. The lowest BCUT2D eigenvalue weighted by Gasteiger charge is -2.29. The molecule has 98 valence electrons. The average molecular weight is 288 g/mol. The van der Waals surface area contributed by atoms with Gasteiger partial charge in [0.2, 0.25) is 5.96 Å². The number of sulfonamides is 1. The summed E-state index contributed by atoms with van der Waals surface area (Å²) in [4.78, 5) is 4.42. The van der Waals surface area contributed by atoms with E-state index in [1.165, 1.54) is 13.1 Å². The Kier molecular flexibility index (Phi) is 3.25. The summed E-state index contributed by atoms with van der Waals surface area (Å²) >= 11 is 5.83. The molecule has 1 N–H and O–H groups in total. The first-order valence-corrected chi connectivity index (χ1v) is 7.27. The number of anilines is 1. The largest absolute Gasteiger partial charge is 0.324 e. The molecular formula is C11H14ClN3O2S. The van der Waals surface area contributed by atoms with Gasteiger partial charge >= 0.3 is 0 Å². The predicted octanol–water partition coefficient (Wildman–Crippen LogP) is 2.15. The Morgan fingerprint density at radius 2 is 2.06 bits per heavy atom. The van der Waals surface area contributed by atoms with Crippen molar-refractivity contribution < 1.29 is 8.42 Å². The fourth-order valence-electron chi connectivity index (χ4n) is 1.63. The van der Waals surface area contributed by atoms with E-state index in [2.05, 4.69) is 10.3 Å². The Hall–Kier alpha value is -1.27. The molecule has 1 aromatic rings. The highest BCUT2D eigenvalue weighted by molar-refractivity contribution is 7.90. The minimum absolute atomic E-state index is 0.000926. The molecule has 0 saturated heterocycles. The topological polar surface area (TPSA) is 61.8 Å². The summed E-state index contributed by atoms with van der Waals surface area (Å²) in [5, 5.41) is 3.38. The Labute approximate surface area is 112 Å². The number of hydrogen-bond acceptors (Lipinski definition) is 3. The molecule has 0 fully saturated rings. The summed E-state index contributed by atoms with van der Waals surface area (Å²) in [6.07, 6.45) is 0. The molecule has 2 rings (SSSR count). The van der Waals surface area contributed by atoms with E-state index in [4.69, 9.17) is 11.6 Å². The minimum Gasteiger partial charge on any atom is -0.324 e. The van der Waals surface area contributed by atoms with E-state index in [1.807, 2.05) is 13.8 Å². The van der Waals surface area contributed by atoms with Gasteiger partial charge in [-0.2, -0.15) is 0 Å². The molecule has 0 radical (unpaired) electrons. The lowest BCUT2D eigenvalue weighted by molar-refractivity contribution is 0.548. The lowest BCUT2D eigenvalue weighted by atomic mass is 10.3. The summed E-state index contributed by atoms with van der Waals surface area (Å²) in [6, 6.07) is 4.71. The average Bonchev–Trinajstić information content (AvgIpc) is 2.27. The maximum Gasteiger partial charge on any atom is 0.268 e. The van der Waals surface area contributed by atoms with Crippen LogP contribution < -0.4 is 5.32 Å². The van der Waals surface area contributed by atoms with E-state index in [0.717, 1.165) is 4.31 Å². The number of fused-ring (bicyclic) bond motifs is 1. The van der Waals surface area contributed by atoms with Crippen LogP contribution in [0.2, 0.25) is 5.02 Å². The SMILES string of the molecule is CC(C)N=C1Nc2ccc(Cl)cc2S(=O)(=O)N1C. The first kappa shape index (κ1) is 13.2. The maximum atomic E-state index is 12.3. The van der Waals surface area contributed by atoms with Gasteiger partial charge in [0.25, 0.3) is 10.0 Å². The minimum atomic E-state index is -3.58. The molecule has 1 heterocycles. The highest BCUT2D eigenvalue weighted by Crippen LogP contribution is 2.31. The van der Waals surface area contributed by atoms with Crippen LogP contribution in [0.15, 0.2) is 28.1 Å². The number of nitrogens with one attached hydrogen (secondary N) is 1. The molecule has 0 unspecified atom stereocenters. The van der Waals surface area contributed by atoms with Crippen LogP contribution in [0.5, 0.6) is 0 Å². The van der Waals surface area contributed by atoms with Gasteiger partial charge in [-0.05, 0) is 32.0 Å². The van der Waals surface area contributed by atoms with Crippen LogP contribution >= 0.6 is 11.6 Å². The standard InChI is InChI=1S/C11H14ClN3O2S/c1-7(2)13-11-14-9-5-4-8(12)6-10(9)18(16,17)15(11)3/h4-7H,1-3H3,(H,13,14). The number of halogens is 1. The number of rotatable bonds is 1. The molecule has 0 aromatic heterocycles. The van der Waals surface area contributed by atoms with Crippen molar-refractivity contribution in [1.82, 2.24) is 4.31 Å². The van der Waals surface area contributed by atoms with E-state index in [0.29, 0.717) is 16.7 Å². The van der Waals surface area contributed by atoms with Crippen LogP contribution in [0.1, 0.15) is 13.8 Å². The van der Waals surface area contributed by atoms with Gasteiger partial charge in [-0.1, -0.05) is 11.6 Å². The van der Waals surface area contributed by atoms with Crippen LogP contribution in [0.25, 0.3) is 0 Å². The zero-order valence-electron chi connectivity index (χ0n) is 10.3. The third-order valence-corrected chi connectivity index (χ3v) is 4.53. The second-order valence-electron chi connectivity index (χ2n) is 4.28. The molecule has 7 heteroatoms. The second-order valence-corrected chi connectivity index (χ2v) is 6.66. The van der Waals surface area contributed by atoms with Crippen molar-refractivity contribution in [2.45, 2.75) is 24.8 Å². The van der Waals surface area contributed by atoms with Crippen LogP contribution in [0, 0.1) is 0 Å². The summed E-state index contributed by atoms with van der Waals surface area (Å²) in [5.74, 6) is 0.319. The van der Waals surface area contributed by atoms with Crippen molar-refractivity contribution in [1.29, 1.82) is 0 Å².